The molecule has 1 heterocycles. The van der Waals surface area contributed by atoms with Crippen LogP contribution in [0.15, 0.2) is 24.5 Å². The van der Waals surface area contributed by atoms with Gasteiger partial charge in [-0.3, -0.25) is 4.68 Å². The zero-order valence-electron chi connectivity index (χ0n) is 11.4. The lowest BCUT2D eigenvalue weighted by atomic mass is 10.2. The van der Waals surface area contributed by atoms with E-state index in [0.717, 1.165) is 11.5 Å². The number of ether oxygens (including phenoxy) is 1. The molecule has 0 atom stereocenters. The molecule has 0 unspecified atom stereocenters. The van der Waals surface area contributed by atoms with Gasteiger partial charge in [0, 0.05) is 18.8 Å². The highest BCUT2D eigenvalue weighted by Crippen LogP contribution is 2.26. The van der Waals surface area contributed by atoms with Crippen LogP contribution in [0.2, 0.25) is 0 Å². The Bertz CT molecular complexity index is 550. The van der Waals surface area contributed by atoms with Crippen molar-refractivity contribution in [2.24, 2.45) is 7.05 Å². The number of anilines is 2. The number of nitrogens with one attached hydrogen (secondary N) is 1. The first-order valence-electron chi connectivity index (χ1n) is 6.19. The minimum atomic E-state index is 0.0926. The topological polar surface area (TPSA) is 78.0 Å². The molecule has 2 aromatic rings. The van der Waals surface area contributed by atoms with Crippen molar-refractivity contribution in [3.8, 4) is 5.75 Å². The summed E-state index contributed by atoms with van der Waals surface area (Å²) >= 11 is 0. The second-order valence-corrected chi connectivity index (χ2v) is 4.61. The van der Waals surface area contributed by atoms with Crippen molar-refractivity contribution in [1.29, 1.82) is 0 Å². The molecule has 1 aromatic heterocycles. The van der Waals surface area contributed by atoms with Crippen molar-refractivity contribution in [2.75, 3.05) is 11.1 Å². The maximum Gasteiger partial charge on any atom is 0.169 e. The van der Waals surface area contributed by atoms with Gasteiger partial charge in [-0.05, 0) is 26.0 Å². The highest BCUT2D eigenvalue weighted by molar-refractivity contribution is 5.61. The third kappa shape index (κ3) is 3.61. The minimum Gasteiger partial charge on any atom is -0.489 e. The van der Waals surface area contributed by atoms with Gasteiger partial charge in [0.2, 0.25) is 0 Å². The summed E-state index contributed by atoms with van der Waals surface area (Å²) < 4.78 is 7.32. The molecule has 0 fully saturated rings. The molecule has 2 rings (SSSR count). The smallest absolute Gasteiger partial charge is 0.169 e. The van der Waals surface area contributed by atoms with Gasteiger partial charge in [-0.15, -0.1) is 0 Å². The maximum absolute atomic E-state index is 5.87. The predicted octanol–water partition coefficient (Wildman–Crippen LogP) is 1.80. The number of benzene rings is 1. The highest BCUT2D eigenvalue weighted by Gasteiger charge is 2.05. The zero-order valence-corrected chi connectivity index (χ0v) is 11.4. The van der Waals surface area contributed by atoms with Crippen LogP contribution in [0, 0.1) is 0 Å². The Morgan fingerprint density at radius 1 is 1.42 bits per heavy atom. The standard InChI is InChI=1S/C13H19N5O/c1-9(2)19-12-6-10(4-5-11(12)14)15-7-13-16-8-18(3)17-13/h4-6,8-9,15H,7,14H2,1-3H3. The first-order chi connectivity index (χ1) is 9.04. The van der Waals surface area contributed by atoms with E-state index in [9.17, 15) is 0 Å². The third-order valence-corrected chi connectivity index (χ3v) is 2.47. The van der Waals surface area contributed by atoms with Crippen LogP contribution in [-0.4, -0.2) is 20.9 Å². The second-order valence-electron chi connectivity index (χ2n) is 4.61. The molecular formula is C13H19N5O. The van der Waals surface area contributed by atoms with Gasteiger partial charge in [-0.25, -0.2) is 4.98 Å². The monoisotopic (exact) mass is 261 g/mol. The van der Waals surface area contributed by atoms with Crippen molar-refractivity contribution >= 4 is 11.4 Å². The van der Waals surface area contributed by atoms with Crippen molar-refractivity contribution in [3.63, 3.8) is 0 Å². The molecule has 1 aromatic carbocycles. The third-order valence-electron chi connectivity index (χ3n) is 2.47. The predicted molar refractivity (Wildman–Crippen MR) is 74.9 cm³/mol. The number of hydrogen-bond acceptors (Lipinski definition) is 5. The van der Waals surface area contributed by atoms with E-state index in [2.05, 4.69) is 15.4 Å². The van der Waals surface area contributed by atoms with Crippen molar-refractivity contribution in [1.82, 2.24) is 14.8 Å². The molecule has 0 bridgehead atoms. The SMILES string of the molecule is CC(C)Oc1cc(NCc2ncn(C)n2)ccc1N. The first kappa shape index (κ1) is 13.2. The molecule has 0 spiro atoms. The van der Waals surface area contributed by atoms with Gasteiger partial charge in [-0.2, -0.15) is 5.10 Å². The van der Waals surface area contributed by atoms with E-state index >= 15 is 0 Å². The number of rotatable bonds is 5. The minimum absolute atomic E-state index is 0.0926. The number of hydrogen-bond donors (Lipinski definition) is 2. The van der Waals surface area contributed by atoms with Crippen LogP contribution in [0.25, 0.3) is 0 Å². The van der Waals surface area contributed by atoms with E-state index in [0.29, 0.717) is 18.0 Å². The van der Waals surface area contributed by atoms with Crippen molar-refractivity contribution < 1.29 is 4.74 Å². The van der Waals surface area contributed by atoms with Crippen LogP contribution < -0.4 is 15.8 Å². The Morgan fingerprint density at radius 2 is 2.21 bits per heavy atom. The lowest BCUT2D eigenvalue weighted by Crippen LogP contribution is -2.08. The number of aryl methyl sites for hydroxylation is 1. The Balaban J connectivity index is 2.04. The summed E-state index contributed by atoms with van der Waals surface area (Å²) in [6.07, 6.45) is 1.77. The molecule has 6 heteroatoms. The molecule has 6 nitrogen and oxygen atoms in total. The molecule has 0 aliphatic carbocycles. The van der Waals surface area contributed by atoms with Crippen LogP contribution in [0.1, 0.15) is 19.7 Å². The van der Waals surface area contributed by atoms with Crippen LogP contribution in [0.5, 0.6) is 5.75 Å². The second kappa shape index (κ2) is 5.60. The van der Waals surface area contributed by atoms with Crippen LogP contribution >= 0.6 is 0 Å². The number of nitrogens with zero attached hydrogens (tertiary/aromatic N) is 3. The molecule has 0 radical (unpaired) electrons. The number of nitrogens with two attached hydrogens (primary N) is 1. The van der Waals surface area contributed by atoms with E-state index in [4.69, 9.17) is 10.5 Å². The summed E-state index contributed by atoms with van der Waals surface area (Å²) in [6, 6.07) is 5.62. The van der Waals surface area contributed by atoms with Gasteiger partial charge in [0.05, 0.1) is 18.3 Å². The summed E-state index contributed by atoms with van der Waals surface area (Å²) in [4.78, 5) is 4.15. The average molecular weight is 261 g/mol. The van der Waals surface area contributed by atoms with Gasteiger partial charge >= 0.3 is 0 Å². The quantitative estimate of drug-likeness (QED) is 0.802. The summed E-state index contributed by atoms with van der Waals surface area (Å²) in [5, 5.41) is 7.44. The number of nitrogen functional groups attached to an aromatic ring is 1. The molecule has 3 N–H and O–H groups in total. The van der Waals surface area contributed by atoms with Crippen molar-refractivity contribution in [2.45, 2.75) is 26.5 Å². The Labute approximate surface area is 112 Å². The van der Waals surface area contributed by atoms with E-state index in [1.165, 1.54) is 0 Å². The molecule has 102 valence electrons. The summed E-state index contributed by atoms with van der Waals surface area (Å²) in [7, 11) is 1.84. The Morgan fingerprint density at radius 3 is 2.84 bits per heavy atom. The van der Waals surface area contributed by atoms with E-state index in [-0.39, 0.29) is 6.10 Å². The van der Waals surface area contributed by atoms with E-state index < -0.39 is 0 Å². The molecule has 19 heavy (non-hydrogen) atoms. The zero-order chi connectivity index (χ0) is 13.8. The van der Waals surface area contributed by atoms with Crippen LogP contribution in [-0.2, 0) is 13.6 Å². The van der Waals surface area contributed by atoms with E-state index in [1.807, 2.05) is 39.1 Å². The molecule has 0 saturated heterocycles. The molecule has 0 aliphatic rings. The van der Waals surface area contributed by atoms with Crippen LogP contribution in [0.3, 0.4) is 0 Å². The fourth-order valence-electron chi connectivity index (χ4n) is 1.65. The largest absolute Gasteiger partial charge is 0.489 e. The Hall–Kier alpha value is -2.24. The summed E-state index contributed by atoms with van der Waals surface area (Å²) in [5.41, 5.74) is 7.43. The number of aromatic nitrogens is 3. The van der Waals surface area contributed by atoms with Gasteiger partial charge < -0.3 is 15.8 Å². The van der Waals surface area contributed by atoms with Crippen molar-refractivity contribution in [3.05, 3.63) is 30.4 Å². The summed E-state index contributed by atoms with van der Waals surface area (Å²) in [5.74, 6) is 1.43. The molecule has 0 aliphatic heterocycles. The van der Waals surface area contributed by atoms with Gasteiger partial charge in [0.25, 0.3) is 0 Å². The molecular weight excluding hydrogens is 242 g/mol. The van der Waals surface area contributed by atoms with Gasteiger partial charge in [-0.1, -0.05) is 0 Å². The van der Waals surface area contributed by atoms with Gasteiger partial charge in [0.1, 0.15) is 12.1 Å². The lowest BCUT2D eigenvalue weighted by Gasteiger charge is -2.13. The normalized spacial score (nSPS) is 10.7. The van der Waals surface area contributed by atoms with Gasteiger partial charge in [0.15, 0.2) is 5.82 Å². The first-order valence-corrected chi connectivity index (χ1v) is 6.19. The molecule has 0 saturated carbocycles. The van der Waals surface area contributed by atoms with E-state index in [1.54, 1.807) is 11.0 Å². The lowest BCUT2D eigenvalue weighted by molar-refractivity contribution is 0.244. The fourth-order valence-corrected chi connectivity index (χ4v) is 1.65. The van der Waals surface area contributed by atoms with Crippen LogP contribution in [0.4, 0.5) is 11.4 Å². The fraction of sp³-hybridized carbons (Fsp3) is 0.385. The Kier molecular flexibility index (Phi) is 3.89. The molecule has 0 amide bonds. The summed E-state index contributed by atoms with van der Waals surface area (Å²) in [6.45, 7) is 4.50. The highest BCUT2D eigenvalue weighted by atomic mass is 16.5. The maximum atomic E-state index is 5.87. The average Bonchev–Trinajstić information content (AvgIpc) is 2.75.